The van der Waals surface area contributed by atoms with Crippen LogP contribution in [0.3, 0.4) is 0 Å². The van der Waals surface area contributed by atoms with Crippen LogP contribution in [0.25, 0.3) is 11.0 Å². The highest BCUT2D eigenvalue weighted by molar-refractivity contribution is 5.97. The molecule has 3 rings (SSSR count). The van der Waals surface area contributed by atoms with E-state index >= 15 is 0 Å². The summed E-state index contributed by atoms with van der Waals surface area (Å²) in [7, 11) is 1.50. The molecule has 0 radical (unpaired) electrons. The Morgan fingerprint density at radius 3 is 2.71 bits per heavy atom. The number of methoxy groups -OCH3 is 1. The van der Waals surface area contributed by atoms with Crippen molar-refractivity contribution in [3.8, 4) is 5.75 Å². The van der Waals surface area contributed by atoms with Gasteiger partial charge < -0.3 is 19.2 Å². The molecule has 1 N–H and O–H groups in total. The zero-order chi connectivity index (χ0) is 17.1. The molecule has 128 valence electrons. The normalized spacial score (nSPS) is 15.7. The second-order valence-electron chi connectivity index (χ2n) is 5.68. The van der Waals surface area contributed by atoms with Gasteiger partial charge in [0.15, 0.2) is 11.3 Å². The molecule has 1 amide bonds. The first-order valence-electron chi connectivity index (χ1n) is 7.87. The lowest BCUT2D eigenvalue weighted by molar-refractivity contribution is 0.0611. The Labute approximate surface area is 139 Å². The highest BCUT2D eigenvalue weighted by Gasteiger charge is 2.25. The van der Waals surface area contributed by atoms with Crippen molar-refractivity contribution in [1.82, 2.24) is 9.80 Å². The molecule has 24 heavy (non-hydrogen) atoms. The van der Waals surface area contributed by atoms with E-state index in [1.54, 1.807) is 29.2 Å². The van der Waals surface area contributed by atoms with E-state index in [2.05, 4.69) is 4.90 Å². The standard InChI is InChI=1S/C17H20N2O5/c1-23-14-4-2-3-12-11-13(17(22)24-15(12)14)16(21)19-7-5-18(6-8-19)9-10-20/h2-4,11,20H,5-10H2,1H3. The lowest BCUT2D eigenvalue weighted by Gasteiger charge is -2.34. The van der Waals surface area contributed by atoms with Crippen LogP contribution >= 0.6 is 0 Å². The van der Waals surface area contributed by atoms with E-state index in [1.807, 2.05) is 0 Å². The molecule has 2 heterocycles. The third-order valence-electron chi connectivity index (χ3n) is 4.25. The second kappa shape index (κ2) is 7.02. The minimum Gasteiger partial charge on any atom is -0.493 e. The third kappa shape index (κ3) is 3.13. The van der Waals surface area contributed by atoms with Gasteiger partial charge in [-0.1, -0.05) is 12.1 Å². The van der Waals surface area contributed by atoms with Gasteiger partial charge in [0.05, 0.1) is 13.7 Å². The van der Waals surface area contributed by atoms with Gasteiger partial charge in [-0.25, -0.2) is 4.79 Å². The first-order valence-corrected chi connectivity index (χ1v) is 7.87. The van der Waals surface area contributed by atoms with Crippen molar-refractivity contribution < 1.29 is 19.1 Å². The molecule has 7 nitrogen and oxygen atoms in total. The largest absolute Gasteiger partial charge is 0.493 e. The predicted octanol–water partition coefficient (Wildman–Crippen LogP) is 0.552. The Morgan fingerprint density at radius 1 is 1.29 bits per heavy atom. The summed E-state index contributed by atoms with van der Waals surface area (Å²) in [6, 6.07) is 6.82. The van der Waals surface area contributed by atoms with Gasteiger partial charge in [0.25, 0.3) is 5.91 Å². The maximum atomic E-state index is 12.7. The van der Waals surface area contributed by atoms with E-state index < -0.39 is 5.63 Å². The second-order valence-corrected chi connectivity index (χ2v) is 5.68. The Kier molecular flexibility index (Phi) is 4.82. The molecule has 1 fully saturated rings. The van der Waals surface area contributed by atoms with Gasteiger partial charge in [-0.15, -0.1) is 0 Å². The molecule has 1 aliphatic heterocycles. The Balaban J connectivity index is 1.86. The highest BCUT2D eigenvalue weighted by atomic mass is 16.5. The summed E-state index contributed by atoms with van der Waals surface area (Å²) >= 11 is 0. The van der Waals surface area contributed by atoms with Gasteiger partial charge in [-0.3, -0.25) is 9.69 Å². The fourth-order valence-electron chi connectivity index (χ4n) is 2.91. The van der Waals surface area contributed by atoms with E-state index in [0.29, 0.717) is 49.4 Å². The molecule has 2 aromatic rings. The van der Waals surface area contributed by atoms with E-state index in [9.17, 15) is 9.59 Å². The zero-order valence-corrected chi connectivity index (χ0v) is 13.5. The smallest absolute Gasteiger partial charge is 0.349 e. The summed E-state index contributed by atoms with van der Waals surface area (Å²) in [4.78, 5) is 28.6. The van der Waals surface area contributed by atoms with E-state index in [0.717, 1.165) is 0 Å². The summed E-state index contributed by atoms with van der Waals surface area (Å²) in [6.45, 7) is 3.10. The maximum Gasteiger partial charge on any atom is 0.349 e. The lowest BCUT2D eigenvalue weighted by atomic mass is 10.1. The number of hydrogen-bond acceptors (Lipinski definition) is 6. The summed E-state index contributed by atoms with van der Waals surface area (Å²) in [5, 5.41) is 9.61. The number of nitrogens with zero attached hydrogens (tertiary/aromatic N) is 2. The van der Waals surface area contributed by atoms with E-state index in [-0.39, 0.29) is 18.1 Å². The minimum absolute atomic E-state index is 0.0337. The minimum atomic E-state index is -0.658. The molecule has 0 spiro atoms. The number of ether oxygens (including phenoxy) is 1. The Bertz CT molecular complexity index is 793. The molecule has 0 atom stereocenters. The SMILES string of the molecule is COc1cccc2cc(C(=O)N3CCN(CCO)CC3)c(=O)oc12. The average molecular weight is 332 g/mol. The molecular formula is C17H20N2O5. The van der Waals surface area contributed by atoms with Crippen LogP contribution in [0.1, 0.15) is 10.4 Å². The van der Waals surface area contributed by atoms with Crippen LogP contribution in [0, 0.1) is 0 Å². The summed E-state index contributed by atoms with van der Waals surface area (Å²) in [5.74, 6) is 0.137. The van der Waals surface area contributed by atoms with Crippen LogP contribution < -0.4 is 10.4 Å². The monoisotopic (exact) mass is 332 g/mol. The van der Waals surface area contributed by atoms with Crippen molar-refractivity contribution in [2.24, 2.45) is 0 Å². The molecule has 1 aliphatic rings. The molecule has 1 aromatic carbocycles. The maximum absolute atomic E-state index is 12.7. The number of carbonyl (C=O) groups is 1. The first-order chi connectivity index (χ1) is 11.6. The van der Waals surface area contributed by atoms with E-state index in [1.165, 1.54) is 7.11 Å². The molecule has 0 bridgehead atoms. The summed E-state index contributed by atoms with van der Waals surface area (Å²) in [5.41, 5.74) is -0.282. The molecule has 7 heteroatoms. The number of carbonyl (C=O) groups excluding carboxylic acids is 1. The summed E-state index contributed by atoms with van der Waals surface area (Å²) in [6.07, 6.45) is 0. The van der Waals surface area contributed by atoms with Gasteiger partial charge in [0, 0.05) is 38.1 Å². The van der Waals surface area contributed by atoms with Crippen molar-refractivity contribution in [3.63, 3.8) is 0 Å². The first kappa shape index (κ1) is 16.5. The molecule has 0 aliphatic carbocycles. The molecular weight excluding hydrogens is 312 g/mol. The number of β-amino-alcohol motifs (C(OH)–C–C–N with tert-alkyl or cyclic N) is 1. The number of aliphatic hydroxyl groups excluding tert-OH is 1. The van der Waals surface area contributed by atoms with Crippen molar-refractivity contribution in [3.05, 3.63) is 40.2 Å². The summed E-state index contributed by atoms with van der Waals surface area (Å²) < 4.78 is 10.5. The number of benzene rings is 1. The van der Waals surface area contributed by atoms with Crippen LogP contribution in [0.2, 0.25) is 0 Å². The number of rotatable bonds is 4. The fraction of sp³-hybridized carbons (Fsp3) is 0.412. The third-order valence-corrected chi connectivity index (χ3v) is 4.25. The predicted molar refractivity (Wildman–Crippen MR) is 88.5 cm³/mol. The van der Waals surface area contributed by atoms with Crippen LogP contribution in [0.5, 0.6) is 5.75 Å². The van der Waals surface area contributed by atoms with E-state index in [4.69, 9.17) is 14.3 Å². The fourth-order valence-corrected chi connectivity index (χ4v) is 2.91. The lowest BCUT2D eigenvalue weighted by Crippen LogP contribution is -2.49. The topological polar surface area (TPSA) is 83.2 Å². The molecule has 0 unspecified atom stereocenters. The van der Waals surface area contributed by atoms with Gasteiger partial charge in [-0.05, 0) is 12.1 Å². The quantitative estimate of drug-likeness (QED) is 0.824. The molecule has 1 aromatic heterocycles. The average Bonchev–Trinajstić information content (AvgIpc) is 2.61. The van der Waals surface area contributed by atoms with Crippen molar-refractivity contribution in [1.29, 1.82) is 0 Å². The number of piperazine rings is 1. The van der Waals surface area contributed by atoms with Crippen molar-refractivity contribution >= 4 is 16.9 Å². The number of amides is 1. The van der Waals surface area contributed by atoms with Gasteiger partial charge >= 0.3 is 5.63 Å². The molecule has 1 saturated heterocycles. The molecule has 0 saturated carbocycles. The van der Waals surface area contributed by atoms with Gasteiger partial charge in [0.1, 0.15) is 5.56 Å². The van der Waals surface area contributed by atoms with Crippen LogP contribution in [0.15, 0.2) is 33.5 Å². The number of hydrogen-bond donors (Lipinski definition) is 1. The van der Waals surface area contributed by atoms with Crippen molar-refractivity contribution in [2.45, 2.75) is 0 Å². The number of fused-ring (bicyclic) bond motifs is 1. The Hall–Kier alpha value is -2.38. The number of para-hydroxylation sites is 1. The number of aliphatic hydroxyl groups is 1. The Morgan fingerprint density at radius 2 is 2.04 bits per heavy atom. The van der Waals surface area contributed by atoms with Gasteiger partial charge in [-0.2, -0.15) is 0 Å². The van der Waals surface area contributed by atoms with Crippen LogP contribution in [-0.2, 0) is 0 Å². The van der Waals surface area contributed by atoms with Gasteiger partial charge in [0.2, 0.25) is 0 Å². The van der Waals surface area contributed by atoms with Crippen LogP contribution in [0.4, 0.5) is 0 Å². The van der Waals surface area contributed by atoms with Crippen LogP contribution in [-0.4, -0.2) is 67.3 Å². The zero-order valence-electron chi connectivity index (χ0n) is 13.5. The highest BCUT2D eigenvalue weighted by Crippen LogP contribution is 2.24. The van der Waals surface area contributed by atoms with Crippen molar-refractivity contribution in [2.75, 3.05) is 46.4 Å².